The van der Waals surface area contributed by atoms with Crippen LogP contribution < -0.4 is 0 Å². The fraction of sp³-hybridized carbons (Fsp3) is 0.667. The summed E-state index contributed by atoms with van der Waals surface area (Å²) in [5.41, 5.74) is 0.173. The van der Waals surface area contributed by atoms with Gasteiger partial charge in [0.05, 0.1) is 5.03 Å². The van der Waals surface area contributed by atoms with E-state index in [1.807, 2.05) is 44.1 Å². The average molecular weight is 390 g/mol. The molecule has 0 saturated heterocycles. The zero-order chi connectivity index (χ0) is 16.2. The van der Waals surface area contributed by atoms with Gasteiger partial charge in [0.25, 0.3) is 0 Å². The summed E-state index contributed by atoms with van der Waals surface area (Å²) in [6.07, 6.45) is 5.47. The molecule has 8 heteroatoms. The van der Waals surface area contributed by atoms with Gasteiger partial charge in [0.15, 0.2) is 0 Å². The number of nitrogens with zero attached hydrogens (tertiary/aromatic N) is 2. The minimum Gasteiger partial charge on any atom is -0.480 e. The van der Waals surface area contributed by atoms with E-state index >= 15 is 0 Å². The van der Waals surface area contributed by atoms with Gasteiger partial charge in [0.2, 0.25) is 0 Å². The quantitative estimate of drug-likeness (QED) is 0.678. The van der Waals surface area contributed by atoms with Crippen molar-refractivity contribution >= 4 is 42.4 Å². The molecule has 0 aromatic rings. The Morgan fingerprint density at radius 2 is 1.91 bits per heavy atom. The summed E-state index contributed by atoms with van der Waals surface area (Å²) in [6, 6.07) is 0. The Bertz CT molecular complexity index is 453. The highest BCUT2D eigenvalue weighted by Crippen LogP contribution is 2.42. The first-order valence-corrected chi connectivity index (χ1v) is 7.43. The van der Waals surface area contributed by atoms with Crippen molar-refractivity contribution in [2.75, 3.05) is 34.8 Å². The number of ether oxygens (including phenoxy) is 1. The highest BCUT2D eigenvalue weighted by atomic mass is 35.5. The van der Waals surface area contributed by atoms with Crippen LogP contribution in [0, 0.1) is 5.92 Å². The van der Waals surface area contributed by atoms with E-state index in [4.69, 9.17) is 21.4 Å². The molecule has 0 spiro atoms. The number of hydrogen-bond acceptors (Lipinski definition) is 4. The van der Waals surface area contributed by atoms with Crippen LogP contribution in [-0.4, -0.2) is 61.4 Å². The van der Waals surface area contributed by atoms with Crippen LogP contribution in [0.4, 0.5) is 0 Å². The van der Waals surface area contributed by atoms with Crippen LogP contribution in [0.15, 0.2) is 22.9 Å². The first-order chi connectivity index (χ1) is 9.76. The number of likely N-dealkylation sites (N-methyl/N-ethyl adjacent to an activating group) is 1. The third kappa shape index (κ3) is 5.54. The Morgan fingerprint density at radius 1 is 1.35 bits per heavy atom. The second-order valence-corrected chi connectivity index (χ2v) is 6.04. The van der Waals surface area contributed by atoms with Crippen molar-refractivity contribution in [1.82, 2.24) is 9.80 Å². The summed E-state index contributed by atoms with van der Waals surface area (Å²) in [7, 11) is 7.66. The molecule has 0 bridgehead atoms. The van der Waals surface area contributed by atoms with Crippen LogP contribution in [0.3, 0.4) is 0 Å². The van der Waals surface area contributed by atoms with Crippen LogP contribution >= 0.6 is 36.4 Å². The van der Waals surface area contributed by atoms with Crippen molar-refractivity contribution in [3.63, 3.8) is 0 Å². The zero-order valence-electron chi connectivity index (χ0n) is 14.2. The van der Waals surface area contributed by atoms with E-state index in [1.165, 1.54) is 0 Å². The lowest BCUT2D eigenvalue weighted by atomic mass is 9.82. The molecule has 0 aromatic heterocycles. The van der Waals surface area contributed by atoms with Gasteiger partial charge < -0.3 is 14.7 Å². The molecule has 0 fully saturated rings. The monoisotopic (exact) mass is 388 g/mol. The predicted molar refractivity (Wildman–Crippen MR) is 98.6 cm³/mol. The predicted octanol–water partition coefficient (Wildman–Crippen LogP) is 3.19. The van der Waals surface area contributed by atoms with Crippen LogP contribution in [0.5, 0.6) is 0 Å². The number of allylic oxidation sites excluding steroid dienone is 2. The minimum atomic E-state index is -0.980. The maximum absolute atomic E-state index is 10.9. The molecule has 1 aliphatic carbocycles. The molecule has 0 radical (unpaired) electrons. The van der Waals surface area contributed by atoms with Crippen LogP contribution in [0.1, 0.15) is 19.8 Å². The third-order valence-corrected chi connectivity index (χ3v) is 4.05. The van der Waals surface area contributed by atoms with Crippen molar-refractivity contribution in [3.8, 4) is 0 Å². The molecule has 2 atom stereocenters. The largest absolute Gasteiger partial charge is 0.480 e. The summed E-state index contributed by atoms with van der Waals surface area (Å²) in [5.74, 6) is -1.00. The molecular weight excluding hydrogens is 363 g/mol. The summed E-state index contributed by atoms with van der Waals surface area (Å²) in [4.78, 5) is 14.8. The van der Waals surface area contributed by atoms with Gasteiger partial charge in [0.1, 0.15) is 12.3 Å². The number of hydrogen-bond donors (Lipinski definition) is 1. The molecule has 2 unspecified atom stereocenters. The molecule has 0 heterocycles. The Kier molecular flexibility index (Phi) is 11.2. The van der Waals surface area contributed by atoms with Crippen molar-refractivity contribution in [2.45, 2.75) is 25.5 Å². The van der Waals surface area contributed by atoms with E-state index in [9.17, 15) is 4.79 Å². The first-order valence-electron chi connectivity index (χ1n) is 7.05. The van der Waals surface area contributed by atoms with Gasteiger partial charge in [-0.2, -0.15) is 0 Å². The lowest BCUT2D eigenvalue weighted by Gasteiger charge is -2.47. The van der Waals surface area contributed by atoms with E-state index in [2.05, 4.69) is 6.92 Å². The second kappa shape index (κ2) is 10.4. The molecular formula is C15H27Cl3N2O3. The Labute approximate surface area is 156 Å². The molecule has 1 N–H and O–H groups in total. The van der Waals surface area contributed by atoms with Crippen molar-refractivity contribution in [1.29, 1.82) is 0 Å². The number of carbonyl (C=O) groups is 1. The van der Waals surface area contributed by atoms with E-state index in [0.717, 1.165) is 18.5 Å². The molecule has 0 saturated carbocycles. The zero-order valence-corrected chi connectivity index (χ0v) is 16.6. The Hall–Kier alpha value is -0.460. The summed E-state index contributed by atoms with van der Waals surface area (Å²) in [5, 5.41) is 9.64. The first kappa shape index (κ1) is 24.8. The standard InChI is InChI=1S/C15H25ClN2O3.2ClH/c1-6-7-11-14(17(2)3)12(16)8-9-15(11,18(4)5)21-10-13(19)20;;/h8-9,11H,6-7,10H2,1-5H3,(H,19,20);2*1H. The van der Waals surface area contributed by atoms with Crippen LogP contribution in [0.2, 0.25) is 0 Å². The fourth-order valence-corrected chi connectivity index (χ4v) is 3.19. The molecule has 0 amide bonds. The van der Waals surface area contributed by atoms with E-state index < -0.39 is 11.7 Å². The maximum atomic E-state index is 10.9. The molecule has 136 valence electrons. The maximum Gasteiger partial charge on any atom is 0.329 e. The molecule has 23 heavy (non-hydrogen) atoms. The number of aliphatic carboxylic acids is 1. The smallest absolute Gasteiger partial charge is 0.329 e. The van der Waals surface area contributed by atoms with Gasteiger partial charge in [-0.3, -0.25) is 4.90 Å². The lowest BCUT2D eigenvalue weighted by Crippen LogP contribution is -2.55. The SMILES string of the molecule is CCCC1C(N(C)C)=C(Cl)C=CC1(OCC(=O)O)N(C)C.Cl.Cl. The van der Waals surface area contributed by atoms with Crippen molar-refractivity contribution in [3.05, 3.63) is 22.9 Å². The normalized spacial score (nSPS) is 23.3. The molecule has 1 rings (SSSR count). The lowest BCUT2D eigenvalue weighted by molar-refractivity contribution is -0.167. The van der Waals surface area contributed by atoms with Crippen molar-refractivity contribution < 1.29 is 14.6 Å². The minimum absolute atomic E-state index is 0. The topological polar surface area (TPSA) is 53.0 Å². The Morgan fingerprint density at radius 3 is 2.30 bits per heavy atom. The number of rotatable bonds is 7. The summed E-state index contributed by atoms with van der Waals surface area (Å²) >= 11 is 6.36. The van der Waals surface area contributed by atoms with E-state index in [0.29, 0.717) is 5.03 Å². The van der Waals surface area contributed by atoms with Gasteiger partial charge in [-0.15, -0.1) is 24.8 Å². The number of halogens is 3. The van der Waals surface area contributed by atoms with E-state index in [1.54, 1.807) is 6.08 Å². The number of carboxylic acids is 1. The summed E-state index contributed by atoms with van der Waals surface area (Å²) < 4.78 is 5.81. The second-order valence-electron chi connectivity index (χ2n) is 5.63. The Balaban J connectivity index is 0. The highest BCUT2D eigenvalue weighted by Gasteiger charge is 2.45. The number of carboxylic acid groups (broad SMARTS) is 1. The van der Waals surface area contributed by atoms with Crippen LogP contribution in [-0.2, 0) is 9.53 Å². The fourth-order valence-electron chi connectivity index (χ4n) is 2.83. The third-order valence-electron chi connectivity index (χ3n) is 3.73. The van der Waals surface area contributed by atoms with Gasteiger partial charge in [-0.25, -0.2) is 4.79 Å². The van der Waals surface area contributed by atoms with Gasteiger partial charge in [0, 0.05) is 25.7 Å². The molecule has 1 aliphatic rings. The molecule has 0 aliphatic heterocycles. The van der Waals surface area contributed by atoms with Gasteiger partial charge in [-0.1, -0.05) is 24.9 Å². The summed E-state index contributed by atoms with van der Waals surface area (Å²) in [6.45, 7) is 1.75. The van der Waals surface area contributed by atoms with Crippen LogP contribution in [0.25, 0.3) is 0 Å². The van der Waals surface area contributed by atoms with Gasteiger partial charge in [-0.05, 0) is 32.7 Å². The molecule has 0 aromatic carbocycles. The average Bonchev–Trinajstić information content (AvgIpc) is 2.37. The van der Waals surface area contributed by atoms with Gasteiger partial charge >= 0.3 is 5.97 Å². The van der Waals surface area contributed by atoms with E-state index in [-0.39, 0.29) is 37.3 Å². The van der Waals surface area contributed by atoms with Crippen molar-refractivity contribution in [2.24, 2.45) is 5.92 Å². The molecule has 5 nitrogen and oxygen atoms in total. The highest BCUT2D eigenvalue weighted by molar-refractivity contribution is 6.31.